The average molecular weight is 194 g/mol. The molecule has 0 unspecified atom stereocenters. The van der Waals surface area contributed by atoms with Crippen LogP contribution in [0.2, 0.25) is 0 Å². The minimum atomic E-state index is -1.72. The van der Waals surface area contributed by atoms with Gasteiger partial charge in [-0.15, -0.1) is 0 Å². The molecule has 1 aliphatic carbocycles. The Morgan fingerprint density at radius 1 is 1.36 bits per heavy atom. The molecule has 14 heavy (non-hydrogen) atoms. The van der Waals surface area contributed by atoms with Gasteiger partial charge in [-0.3, -0.25) is 0 Å². The van der Waals surface area contributed by atoms with E-state index in [4.69, 9.17) is 10.0 Å². The molecule has 1 aromatic rings. The fourth-order valence-electron chi connectivity index (χ4n) is 1.59. The molecule has 0 atom stereocenters. The van der Waals surface area contributed by atoms with Gasteiger partial charge in [0.2, 0.25) is 0 Å². The molecule has 2 rings (SSSR count). The Labute approximate surface area is 82.5 Å². The zero-order valence-corrected chi connectivity index (χ0v) is 8.00. The summed E-state index contributed by atoms with van der Waals surface area (Å²) in [5.74, 6) is -0.562. The first-order valence-corrected chi connectivity index (χ1v) is 4.69. The lowest BCUT2D eigenvalue weighted by Crippen LogP contribution is -2.33. The lowest BCUT2D eigenvalue weighted by molar-refractivity contribution is 0.423. The third-order valence-corrected chi connectivity index (χ3v) is 2.97. The molecule has 0 aliphatic heterocycles. The van der Waals surface area contributed by atoms with E-state index in [0.717, 1.165) is 18.4 Å². The van der Waals surface area contributed by atoms with Gasteiger partial charge in [0.15, 0.2) is 0 Å². The summed E-state index contributed by atoms with van der Waals surface area (Å²) in [4.78, 5) is 0. The van der Waals surface area contributed by atoms with E-state index in [1.54, 1.807) is 12.1 Å². The van der Waals surface area contributed by atoms with E-state index in [0.29, 0.717) is 0 Å². The van der Waals surface area contributed by atoms with Gasteiger partial charge in [0, 0.05) is 5.46 Å². The maximum absolute atomic E-state index is 13.1. The fourth-order valence-corrected chi connectivity index (χ4v) is 1.59. The molecule has 0 aromatic heterocycles. The molecule has 74 valence electrons. The summed E-state index contributed by atoms with van der Waals surface area (Å²) in [5.41, 5.74) is 1.08. The summed E-state index contributed by atoms with van der Waals surface area (Å²) in [6, 6.07) is 4.56. The van der Waals surface area contributed by atoms with Gasteiger partial charge in [0.1, 0.15) is 5.82 Å². The standard InChI is InChI=1S/C10H12BFO2/c1-10(4-5-10)7-2-3-9(12)8(6-7)11(13)14/h2-3,6,13-14H,4-5H2,1H3. The fraction of sp³-hybridized carbons (Fsp3) is 0.400. The molecule has 1 fully saturated rings. The lowest BCUT2D eigenvalue weighted by Gasteiger charge is -2.11. The number of hydrogen-bond donors (Lipinski definition) is 2. The van der Waals surface area contributed by atoms with Crippen LogP contribution in [-0.2, 0) is 5.41 Å². The van der Waals surface area contributed by atoms with Crippen LogP contribution in [0.25, 0.3) is 0 Å². The highest BCUT2D eigenvalue weighted by Gasteiger charge is 2.39. The molecule has 0 radical (unpaired) electrons. The van der Waals surface area contributed by atoms with Gasteiger partial charge in [0.05, 0.1) is 0 Å². The van der Waals surface area contributed by atoms with E-state index in [1.165, 1.54) is 6.07 Å². The van der Waals surface area contributed by atoms with Crippen molar-refractivity contribution in [1.82, 2.24) is 0 Å². The van der Waals surface area contributed by atoms with E-state index < -0.39 is 12.9 Å². The van der Waals surface area contributed by atoms with E-state index in [9.17, 15) is 4.39 Å². The zero-order valence-electron chi connectivity index (χ0n) is 8.00. The zero-order chi connectivity index (χ0) is 10.3. The van der Waals surface area contributed by atoms with Crippen molar-refractivity contribution in [2.45, 2.75) is 25.2 Å². The predicted molar refractivity (Wildman–Crippen MR) is 52.8 cm³/mol. The number of benzene rings is 1. The molecule has 4 heteroatoms. The van der Waals surface area contributed by atoms with Crippen LogP contribution in [0.4, 0.5) is 4.39 Å². The summed E-state index contributed by atoms with van der Waals surface area (Å²) in [6.45, 7) is 2.09. The van der Waals surface area contributed by atoms with Crippen molar-refractivity contribution < 1.29 is 14.4 Å². The third-order valence-electron chi connectivity index (χ3n) is 2.97. The molecule has 0 spiro atoms. The van der Waals surface area contributed by atoms with Crippen molar-refractivity contribution in [2.24, 2.45) is 0 Å². The van der Waals surface area contributed by atoms with E-state index in [1.807, 2.05) is 0 Å². The minimum absolute atomic E-state index is 0.0318. The summed E-state index contributed by atoms with van der Waals surface area (Å²) in [7, 11) is -1.72. The highest BCUT2D eigenvalue weighted by atomic mass is 19.1. The molecule has 2 nitrogen and oxygen atoms in total. The Kier molecular flexibility index (Phi) is 2.12. The Balaban J connectivity index is 2.41. The van der Waals surface area contributed by atoms with Gasteiger partial charge >= 0.3 is 7.12 Å². The maximum Gasteiger partial charge on any atom is 0.491 e. The smallest absolute Gasteiger partial charge is 0.423 e. The van der Waals surface area contributed by atoms with Crippen LogP contribution in [0.3, 0.4) is 0 Å². The van der Waals surface area contributed by atoms with Gasteiger partial charge < -0.3 is 10.0 Å². The van der Waals surface area contributed by atoms with Gasteiger partial charge in [0.25, 0.3) is 0 Å². The summed E-state index contributed by atoms with van der Waals surface area (Å²) in [5, 5.41) is 17.9. The maximum atomic E-state index is 13.1. The average Bonchev–Trinajstić information content (AvgIpc) is 2.85. The van der Waals surface area contributed by atoms with Crippen LogP contribution in [-0.4, -0.2) is 17.2 Å². The molecule has 1 aromatic carbocycles. The van der Waals surface area contributed by atoms with Gasteiger partial charge in [-0.05, 0) is 29.9 Å². The quantitative estimate of drug-likeness (QED) is 0.675. The first-order chi connectivity index (χ1) is 6.53. The number of rotatable bonds is 2. The Morgan fingerprint density at radius 2 is 2.00 bits per heavy atom. The first-order valence-electron chi connectivity index (χ1n) is 4.69. The SMILES string of the molecule is CC1(c2ccc(F)c(B(O)O)c2)CC1. The molecule has 0 saturated heterocycles. The van der Waals surface area contributed by atoms with Crippen molar-refractivity contribution in [3.63, 3.8) is 0 Å². The van der Waals surface area contributed by atoms with E-state index in [2.05, 4.69) is 6.92 Å². The molecular weight excluding hydrogens is 182 g/mol. The van der Waals surface area contributed by atoms with Crippen molar-refractivity contribution in [3.05, 3.63) is 29.6 Å². The lowest BCUT2D eigenvalue weighted by atomic mass is 9.77. The van der Waals surface area contributed by atoms with Gasteiger partial charge in [-0.2, -0.15) is 0 Å². The molecule has 0 amide bonds. The monoisotopic (exact) mass is 194 g/mol. The predicted octanol–water partition coefficient (Wildman–Crippen LogP) is 0.557. The largest absolute Gasteiger partial charge is 0.491 e. The Morgan fingerprint density at radius 3 is 2.50 bits per heavy atom. The van der Waals surface area contributed by atoms with E-state index in [-0.39, 0.29) is 10.9 Å². The van der Waals surface area contributed by atoms with Crippen LogP contribution in [0.5, 0.6) is 0 Å². The van der Waals surface area contributed by atoms with Gasteiger partial charge in [-0.1, -0.05) is 19.1 Å². The van der Waals surface area contributed by atoms with Crippen LogP contribution in [0, 0.1) is 5.82 Å². The Bertz CT molecular complexity index is 361. The van der Waals surface area contributed by atoms with Crippen LogP contribution in [0.15, 0.2) is 18.2 Å². The topological polar surface area (TPSA) is 40.5 Å². The van der Waals surface area contributed by atoms with Crippen molar-refractivity contribution >= 4 is 12.6 Å². The highest BCUT2D eigenvalue weighted by molar-refractivity contribution is 6.58. The second kappa shape index (κ2) is 3.07. The molecule has 0 heterocycles. The number of hydrogen-bond acceptors (Lipinski definition) is 2. The molecular formula is C10H12BFO2. The summed E-state index contributed by atoms with van der Waals surface area (Å²) >= 11 is 0. The van der Waals surface area contributed by atoms with Crippen molar-refractivity contribution in [3.8, 4) is 0 Å². The van der Waals surface area contributed by atoms with Crippen LogP contribution >= 0.6 is 0 Å². The minimum Gasteiger partial charge on any atom is -0.423 e. The summed E-state index contributed by atoms with van der Waals surface area (Å²) in [6.07, 6.45) is 2.17. The summed E-state index contributed by atoms with van der Waals surface area (Å²) < 4.78 is 13.1. The van der Waals surface area contributed by atoms with Crippen LogP contribution in [0.1, 0.15) is 25.3 Å². The second-order valence-electron chi connectivity index (χ2n) is 4.17. The van der Waals surface area contributed by atoms with E-state index >= 15 is 0 Å². The normalized spacial score (nSPS) is 18.0. The van der Waals surface area contributed by atoms with Crippen molar-refractivity contribution in [1.29, 1.82) is 0 Å². The molecule has 0 bridgehead atoms. The number of halogens is 1. The van der Waals surface area contributed by atoms with Crippen molar-refractivity contribution in [2.75, 3.05) is 0 Å². The molecule has 1 aliphatic rings. The molecule has 1 saturated carbocycles. The van der Waals surface area contributed by atoms with Crippen LogP contribution < -0.4 is 5.46 Å². The first kappa shape index (κ1) is 9.68. The Hall–Kier alpha value is -0.865. The third kappa shape index (κ3) is 1.55. The highest BCUT2D eigenvalue weighted by Crippen LogP contribution is 2.47. The van der Waals surface area contributed by atoms with Gasteiger partial charge in [-0.25, -0.2) is 4.39 Å². The molecule has 2 N–H and O–H groups in total. The second-order valence-corrected chi connectivity index (χ2v) is 4.17.